The molecule has 0 unspecified atom stereocenters. The van der Waals surface area contributed by atoms with Gasteiger partial charge in [-0.15, -0.1) is 0 Å². The molecule has 0 bridgehead atoms. The van der Waals surface area contributed by atoms with Gasteiger partial charge in [0.2, 0.25) is 0 Å². The molecule has 23 heavy (non-hydrogen) atoms. The first-order chi connectivity index (χ1) is 11.0. The Bertz CT molecular complexity index is 642. The molecule has 3 heteroatoms. The van der Waals surface area contributed by atoms with E-state index in [-0.39, 0.29) is 5.91 Å². The van der Waals surface area contributed by atoms with Crippen molar-refractivity contribution in [3.8, 4) is 5.75 Å². The fourth-order valence-electron chi connectivity index (χ4n) is 2.51. The van der Waals surface area contributed by atoms with Gasteiger partial charge in [-0.1, -0.05) is 44.2 Å². The van der Waals surface area contributed by atoms with Gasteiger partial charge in [0, 0.05) is 5.69 Å². The SMILES string of the molecule is CCc1ccc(O[C@@H](CC)C(=O)Nc2c(C)cccc2C)cc1. The summed E-state index contributed by atoms with van der Waals surface area (Å²) in [7, 11) is 0. The molecule has 2 aromatic rings. The second kappa shape index (κ2) is 7.82. The number of nitrogens with one attached hydrogen (secondary N) is 1. The zero-order valence-corrected chi connectivity index (χ0v) is 14.3. The predicted molar refractivity (Wildman–Crippen MR) is 95.1 cm³/mol. The molecule has 0 radical (unpaired) electrons. The first-order valence-electron chi connectivity index (χ1n) is 8.17. The van der Waals surface area contributed by atoms with Crippen LogP contribution in [0.15, 0.2) is 42.5 Å². The standard InChI is InChI=1S/C20H25NO2/c1-5-16-10-12-17(13-11-16)23-18(6-2)20(22)21-19-14(3)8-7-9-15(19)4/h7-13,18H,5-6H2,1-4H3,(H,21,22)/t18-/m0/s1. The monoisotopic (exact) mass is 311 g/mol. The number of carbonyl (C=O) groups is 1. The van der Waals surface area contributed by atoms with E-state index in [1.54, 1.807) is 0 Å². The summed E-state index contributed by atoms with van der Waals surface area (Å²) in [6.07, 6.45) is 1.11. The normalized spacial score (nSPS) is 11.8. The Morgan fingerprint density at radius 3 is 2.17 bits per heavy atom. The summed E-state index contributed by atoms with van der Waals surface area (Å²) in [6.45, 7) is 8.06. The van der Waals surface area contributed by atoms with E-state index in [2.05, 4.69) is 12.2 Å². The van der Waals surface area contributed by atoms with Gasteiger partial charge in [-0.3, -0.25) is 4.79 Å². The minimum Gasteiger partial charge on any atom is -0.481 e. The van der Waals surface area contributed by atoms with Crippen LogP contribution >= 0.6 is 0 Å². The molecular weight excluding hydrogens is 286 g/mol. The smallest absolute Gasteiger partial charge is 0.265 e. The van der Waals surface area contributed by atoms with Crippen molar-refractivity contribution in [3.05, 3.63) is 59.2 Å². The third-order valence-corrected chi connectivity index (χ3v) is 4.00. The predicted octanol–water partition coefficient (Wildman–Crippen LogP) is 4.66. The number of hydrogen-bond donors (Lipinski definition) is 1. The molecular formula is C20H25NO2. The average molecular weight is 311 g/mol. The highest BCUT2D eigenvalue weighted by atomic mass is 16.5. The van der Waals surface area contributed by atoms with Crippen LogP contribution in [-0.2, 0) is 11.2 Å². The molecule has 122 valence electrons. The van der Waals surface area contributed by atoms with Crippen molar-refractivity contribution in [2.45, 2.75) is 46.6 Å². The van der Waals surface area contributed by atoms with Gasteiger partial charge >= 0.3 is 0 Å². The van der Waals surface area contributed by atoms with Gasteiger partial charge in [0.1, 0.15) is 5.75 Å². The van der Waals surface area contributed by atoms with E-state index in [0.29, 0.717) is 6.42 Å². The molecule has 0 heterocycles. The van der Waals surface area contributed by atoms with Crippen LogP contribution in [0.1, 0.15) is 37.0 Å². The fraction of sp³-hybridized carbons (Fsp3) is 0.350. The highest BCUT2D eigenvalue weighted by Gasteiger charge is 2.19. The number of hydrogen-bond acceptors (Lipinski definition) is 2. The maximum atomic E-state index is 12.5. The molecule has 0 saturated heterocycles. The van der Waals surface area contributed by atoms with Gasteiger partial charge in [-0.25, -0.2) is 0 Å². The van der Waals surface area contributed by atoms with Crippen LogP contribution in [0.25, 0.3) is 0 Å². The number of para-hydroxylation sites is 1. The molecule has 0 aliphatic rings. The molecule has 1 amide bonds. The lowest BCUT2D eigenvalue weighted by molar-refractivity contribution is -0.122. The number of ether oxygens (including phenoxy) is 1. The van der Waals surface area contributed by atoms with E-state index >= 15 is 0 Å². The van der Waals surface area contributed by atoms with Crippen LogP contribution < -0.4 is 10.1 Å². The van der Waals surface area contributed by atoms with Crippen molar-refractivity contribution < 1.29 is 9.53 Å². The summed E-state index contributed by atoms with van der Waals surface area (Å²) in [5, 5.41) is 3.01. The van der Waals surface area contributed by atoms with Crippen LogP contribution in [0, 0.1) is 13.8 Å². The summed E-state index contributed by atoms with van der Waals surface area (Å²) >= 11 is 0. The van der Waals surface area contributed by atoms with Gasteiger partial charge in [-0.2, -0.15) is 0 Å². The summed E-state index contributed by atoms with van der Waals surface area (Å²) in [6, 6.07) is 13.9. The van der Waals surface area contributed by atoms with Crippen LogP contribution in [0.5, 0.6) is 5.75 Å². The molecule has 0 aliphatic heterocycles. The fourth-order valence-corrected chi connectivity index (χ4v) is 2.51. The Labute approximate surface area is 138 Å². The minimum absolute atomic E-state index is 0.107. The molecule has 0 saturated carbocycles. The van der Waals surface area contributed by atoms with Crippen molar-refractivity contribution >= 4 is 11.6 Å². The van der Waals surface area contributed by atoms with Gasteiger partial charge in [0.15, 0.2) is 6.10 Å². The maximum absolute atomic E-state index is 12.5. The lowest BCUT2D eigenvalue weighted by Crippen LogP contribution is -2.32. The van der Waals surface area contributed by atoms with Crippen molar-refractivity contribution in [2.75, 3.05) is 5.32 Å². The highest BCUT2D eigenvalue weighted by Crippen LogP contribution is 2.21. The number of amides is 1. The molecule has 1 atom stereocenters. The topological polar surface area (TPSA) is 38.3 Å². The number of benzene rings is 2. The summed E-state index contributed by atoms with van der Waals surface area (Å²) in [5.41, 5.74) is 4.24. The third kappa shape index (κ3) is 4.35. The van der Waals surface area contributed by atoms with Gasteiger partial charge in [0.05, 0.1) is 0 Å². The van der Waals surface area contributed by atoms with E-state index in [4.69, 9.17) is 4.74 Å². The molecule has 0 aliphatic carbocycles. The molecule has 0 spiro atoms. The molecule has 1 N–H and O–H groups in total. The number of rotatable bonds is 6. The van der Waals surface area contributed by atoms with Crippen LogP contribution in [0.4, 0.5) is 5.69 Å². The maximum Gasteiger partial charge on any atom is 0.265 e. The minimum atomic E-state index is -0.499. The Balaban J connectivity index is 2.09. The van der Waals surface area contributed by atoms with E-state index in [0.717, 1.165) is 29.0 Å². The van der Waals surface area contributed by atoms with Gasteiger partial charge in [-0.05, 0) is 55.5 Å². The molecule has 0 fully saturated rings. The number of aryl methyl sites for hydroxylation is 3. The van der Waals surface area contributed by atoms with Crippen LogP contribution in [-0.4, -0.2) is 12.0 Å². The quantitative estimate of drug-likeness (QED) is 0.842. The average Bonchev–Trinajstić information content (AvgIpc) is 2.56. The zero-order chi connectivity index (χ0) is 16.8. The van der Waals surface area contributed by atoms with E-state index < -0.39 is 6.10 Å². The lowest BCUT2D eigenvalue weighted by atomic mass is 10.1. The summed E-state index contributed by atoms with van der Waals surface area (Å²) in [4.78, 5) is 12.5. The van der Waals surface area contributed by atoms with Crippen molar-refractivity contribution in [1.82, 2.24) is 0 Å². The van der Waals surface area contributed by atoms with Crippen LogP contribution in [0.2, 0.25) is 0 Å². The Morgan fingerprint density at radius 1 is 1.04 bits per heavy atom. The largest absolute Gasteiger partial charge is 0.481 e. The Kier molecular flexibility index (Phi) is 5.80. The number of anilines is 1. The van der Waals surface area contributed by atoms with Gasteiger partial charge in [0.25, 0.3) is 5.91 Å². The first-order valence-corrected chi connectivity index (χ1v) is 8.17. The second-order valence-electron chi connectivity index (χ2n) is 5.77. The van der Waals surface area contributed by atoms with E-state index in [1.807, 2.05) is 63.2 Å². The van der Waals surface area contributed by atoms with Crippen molar-refractivity contribution in [2.24, 2.45) is 0 Å². The second-order valence-corrected chi connectivity index (χ2v) is 5.77. The van der Waals surface area contributed by atoms with Gasteiger partial charge < -0.3 is 10.1 Å². The van der Waals surface area contributed by atoms with Crippen molar-refractivity contribution in [1.29, 1.82) is 0 Å². The third-order valence-electron chi connectivity index (χ3n) is 4.00. The number of carbonyl (C=O) groups excluding carboxylic acids is 1. The highest BCUT2D eigenvalue weighted by molar-refractivity contribution is 5.95. The Morgan fingerprint density at radius 2 is 1.65 bits per heavy atom. The molecule has 0 aromatic heterocycles. The zero-order valence-electron chi connectivity index (χ0n) is 14.3. The van der Waals surface area contributed by atoms with E-state index in [9.17, 15) is 4.79 Å². The summed E-state index contributed by atoms with van der Waals surface area (Å²) in [5.74, 6) is 0.621. The van der Waals surface area contributed by atoms with Crippen LogP contribution in [0.3, 0.4) is 0 Å². The first kappa shape index (κ1) is 17.1. The summed E-state index contributed by atoms with van der Waals surface area (Å²) < 4.78 is 5.86. The molecule has 3 nitrogen and oxygen atoms in total. The Hall–Kier alpha value is -2.29. The lowest BCUT2D eigenvalue weighted by Gasteiger charge is -2.19. The molecule has 2 rings (SSSR count). The molecule has 2 aromatic carbocycles. The van der Waals surface area contributed by atoms with E-state index in [1.165, 1.54) is 5.56 Å². The van der Waals surface area contributed by atoms with Crippen molar-refractivity contribution in [3.63, 3.8) is 0 Å².